The van der Waals surface area contributed by atoms with E-state index in [4.69, 9.17) is 4.74 Å². The number of benzene rings is 2. The van der Waals surface area contributed by atoms with Gasteiger partial charge >= 0.3 is 0 Å². The average Bonchev–Trinajstić information content (AvgIpc) is 2.86. The van der Waals surface area contributed by atoms with Crippen molar-refractivity contribution in [3.63, 3.8) is 0 Å². The van der Waals surface area contributed by atoms with Crippen LogP contribution in [0.3, 0.4) is 0 Å². The summed E-state index contributed by atoms with van der Waals surface area (Å²) in [5.74, 6) is 0.750. The SMILES string of the molecule is c1ccc(COc2cccc3[nH]nnc23)cc1. The van der Waals surface area contributed by atoms with Crippen molar-refractivity contribution < 1.29 is 4.74 Å². The lowest BCUT2D eigenvalue weighted by molar-refractivity contribution is 0.309. The first-order chi connectivity index (χ1) is 8.43. The smallest absolute Gasteiger partial charge is 0.154 e. The second-order valence-electron chi connectivity index (χ2n) is 3.74. The highest BCUT2D eigenvalue weighted by Gasteiger charge is 2.04. The van der Waals surface area contributed by atoms with Crippen LogP contribution in [0.15, 0.2) is 48.5 Å². The molecular formula is C13H11N3O. The number of H-pyrrole nitrogens is 1. The van der Waals surface area contributed by atoms with Crippen LogP contribution in [0.1, 0.15) is 5.56 Å². The Morgan fingerprint density at radius 2 is 1.88 bits per heavy atom. The number of rotatable bonds is 3. The van der Waals surface area contributed by atoms with Crippen LogP contribution in [0, 0.1) is 0 Å². The molecule has 0 radical (unpaired) electrons. The number of nitrogens with zero attached hydrogens (tertiary/aromatic N) is 2. The van der Waals surface area contributed by atoms with Gasteiger partial charge in [-0.25, -0.2) is 0 Å². The first kappa shape index (κ1) is 9.84. The quantitative estimate of drug-likeness (QED) is 0.745. The van der Waals surface area contributed by atoms with E-state index in [0.29, 0.717) is 6.61 Å². The molecule has 4 nitrogen and oxygen atoms in total. The predicted molar refractivity (Wildman–Crippen MR) is 64.7 cm³/mol. The first-order valence-corrected chi connectivity index (χ1v) is 5.40. The van der Waals surface area contributed by atoms with E-state index in [1.54, 1.807) is 0 Å². The number of aromatic nitrogens is 3. The Morgan fingerprint density at radius 1 is 1.00 bits per heavy atom. The molecule has 0 amide bonds. The lowest BCUT2D eigenvalue weighted by Gasteiger charge is -2.05. The van der Waals surface area contributed by atoms with Crippen molar-refractivity contribution in [2.24, 2.45) is 0 Å². The Kier molecular flexibility index (Phi) is 2.46. The van der Waals surface area contributed by atoms with Gasteiger partial charge in [0.15, 0.2) is 5.52 Å². The van der Waals surface area contributed by atoms with Crippen LogP contribution in [0.4, 0.5) is 0 Å². The van der Waals surface area contributed by atoms with Crippen molar-refractivity contribution in [3.05, 3.63) is 54.1 Å². The Hall–Kier alpha value is -2.36. The van der Waals surface area contributed by atoms with Gasteiger partial charge in [0.05, 0.1) is 5.52 Å². The van der Waals surface area contributed by atoms with Crippen LogP contribution in [0.2, 0.25) is 0 Å². The molecule has 3 aromatic rings. The van der Waals surface area contributed by atoms with E-state index < -0.39 is 0 Å². The summed E-state index contributed by atoms with van der Waals surface area (Å²) in [6.07, 6.45) is 0. The van der Waals surface area contributed by atoms with Gasteiger partial charge in [0.1, 0.15) is 12.4 Å². The molecule has 0 aliphatic heterocycles. The molecule has 1 N–H and O–H groups in total. The van der Waals surface area contributed by atoms with Crippen LogP contribution in [0.25, 0.3) is 11.0 Å². The monoisotopic (exact) mass is 225 g/mol. The van der Waals surface area contributed by atoms with Gasteiger partial charge in [-0.15, -0.1) is 5.10 Å². The molecule has 0 saturated carbocycles. The number of hydrogen-bond donors (Lipinski definition) is 1. The molecule has 0 aliphatic rings. The lowest BCUT2D eigenvalue weighted by atomic mass is 10.2. The van der Waals surface area contributed by atoms with Gasteiger partial charge in [-0.2, -0.15) is 0 Å². The van der Waals surface area contributed by atoms with E-state index in [1.807, 2.05) is 48.5 Å². The van der Waals surface area contributed by atoms with Gasteiger partial charge in [-0.05, 0) is 17.7 Å². The summed E-state index contributed by atoms with van der Waals surface area (Å²) < 4.78 is 5.74. The van der Waals surface area contributed by atoms with Gasteiger partial charge in [0.2, 0.25) is 0 Å². The fourth-order valence-corrected chi connectivity index (χ4v) is 1.70. The van der Waals surface area contributed by atoms with Crippen LogP contribution >= 0.6 is 0 Å². The van der Waals surface area contributed by atoms with Crippen molar-refractivity contribution in [1.82, 2.24) is 15.4 Å². The Balaban J connectivity index is 1.84. The van der Waals surface area contributed by atoms with Crippen molar-refractivity contribution >= 4 is 11.0 Å². The van der Waals surface area contributed by atoms with Crippen LogP contribution < -0.4 is 4.74 Å². The topological polar surface area (TPSA) is 50.8 Å². The molecule has 0 spiro atoms. The number of nitrogens with one attached hydrogen (secondary N) is 1. The zero-order valence-electron chi connectivity index (χ0n) is 9.13. The van der Waals surface area contributed by atoms with E-state index in [-0.39, 0.29) is 0 Å². The van der Waals surface area contributed by atoms with Crippen molar-refractivity contribution in [3.8, 4) is 5.75 Å². The third kappa shape index (κ3) is 1.97. The molecule has 0 aliphatic carbocycles. The zero-order valence-corrected chi connectivity index (χ0v) is 9.13. The Labute approximate surface area is 98.2 Å². The van der Waals surface area contributed by atoms with Crippen LogP contribution in [-0.4, -0.2) is 15.4 Å². The second kappa shape index (κ2) is 4.25. The largest absolute Gasteiger partial charge is 0.486 e. The summed E-state index contributed by atoms with van der Waals surface area (Å²) in [5, 5.41) is 10.6. The van der Waals surface area contributed by atoms with Crippen molar-refractivity contribution in [2.45, 2.75) is 6.61 Å². The maximum Gasteiger partial charge on any atom is 0.154 e. The number of fused-ring (bicyclic) bond motifs is 1. The molecule has 3 rings (SSSR count). The van der Waals surface area contributed by atoms with E-state index >= 15 is 0 Å². The van der Waals surface area contributed by atoms with E-state index in [9.17, 15) is 0 Å². The van der Waals surface area contributed by atoms with Gasteiger partial charge < -0.3 is 4.74 Å². The van der Waals surface area contributed by atoms with Crippen molar-refractivity contribution in [2.75, 3.05) is 0 Å². The molecule has 0 atom stereocenters. The fourth-order valence-electron chi connectivity index (χ4n) is 1.70. The summed E-state index contributed by atoms with van der Waals surface area (Å²) in [5.41, 5.74) is 2.78. The van der Waals surface area contributed by atoms with E-state index in [0.717, 1.165) is 22.3 Å². The number of ether oxygens (including phenoxy) is 1. The van der Waals surface area contributed by atoms with Crippen molar-refractivity contribution in [1.29, 1.82) is 0 Å². The zero-order chi connectivity index (χ0) is 11.5. The highest BCUT2D eigenvalue weighted by atomic mass is 16.5. The highest BCUT2D eigenvalue weighted by Crippen LogP contribution is 2.22. The summed E-state index contributed by atoms with van der Waals surface area (Å²) in [4.78, 5) is 0. The molecular weight excluding hydrogens is 214 g/mol. The Bertz CT molecular complexity index is 619. The second-order valence-corrected chi connectivity index (χ2v) is 3.74. The molecule has 84 valence electrons. The fraction of sp³-hybridized carbons (Fsp3) is 0.0769. The van der Waals surface area contributed by atoms with E-state index in [1.165, 1.54) is 0 Å². The molecule has 0 unspecified atom stereocenters. The average molecular weight is 225 g/mol. The highest BCUT2D eigenvalue weighted by molar-refractivity contribution is 5.80. The lowest BCUT2D eigenvalue weighted by Crippen LogP contribution is -1.95. The van der Waals surface area contributed by atoms with Gasteiger partial charge in [0.25, 0.3) is 0 Å². The maximum atomic E-state index is 5.74. The molecule has 1 aromatic heterocycles. The molecule has 0 bridgehead atoms. The molecule has 0 fully saturated rings. The minimum atomic E-state index is 0.535. The summed E-state index contributed by atoms with van der Waals surface area (Å²) in [6.45, 7) is 0.535. The number of aromatic amines is 1. The molecule has 17 heavy (non-hydrogen) atoms. The Morgan fingerprint density at radius 3 is 2.76 bits per heavy atom. The summed E-state index contributed by atoms with van der Waals surface area (Å²) in [6, 6.07) is 15.8. The van der Waals surface area contributed by atoms with E-state index in [2.05, 4.69) is 15.4 Å². The maximum absolute atomic E-state index is 5.74. The minimum Gasteiger partial charge on any atom is -0.486 e. The molecule has 0 saturated heterocycles. The molecule has 2 aromatic carbocycles. The normalized spacial score (nSPS) is 10.6. The van der Waals surface area contributed by atoms with Gasteiger partial charge in [-0.3, -0.25) is 5.10 Å². The number of hydrogen-bond acceptors (Lipinski definition) is 3. The van der Waals surface area contributed by atoms with Gasteiger partial charge in [-0.1, -0.05) is 41.6 Å². The predicted octanol–water partition coefficient (Wildman–Crippen LogP) is 2.54. The standard InChI is InChI=1S/C13H11N3O/c1-2-5-10(6-3-1)9-17-12-8-4-7-11-13(12)15-16-14-11/h1-8H,9H2,(H,14,15,16). The van der Waals surface area contributed by atoms with Gasteiger partial charge in [0, 0.05) is 0 Å². The van der Waals surface area contributed by atoms with Crippen LogP contribution in [-0.2, 0) is 6.61 Å². The summed E-state index contributed by atoms with van der Waals surface area (Å²) >= 11 is 0. The third-order valence-electron chi connectivity index (χ3n) is 2.56. The minimum absolute atomic E-state index is 0.535. The first-order valence-electron chi connectivity index (χ1n) is 5.40. The molecule has 4 heteroatoms. The van der Waals surface area contributed by atoms with Crippen LogP contribution in [0.5, 0.6) is 5.75 Å². The third-order valence-corrected chi connectivity index (χ3v) is 2.56. The molecule has 1 heterocycles. The summed E-state index contributed by atoms with van der Waals surface area (Å²) in [7, 11) is 0.